The highest BCUT2D eigenvalue weighted by atomic mass is 35.5. The fraction of sp³-hybridized carbons (Fsp3) is 0.462. The number of likely N-dealkylation sites (tertiary alicyclic amines) is 1. The number of fused-ring (bicyclic) bond motifs is 1. The van der Waals surface area contributed by atoms with E-state index in [-0.39, 0.29) is 40.6 Å². The number of nitrogens with zero attached hydrogens (tertiary/aromatic N) is 4. The minimum atomic E-state index is -0.675. The van der Waals surface area contributed by atoms with Crippen molar-refractivity contribution in [2.75, 3.05) is 31.6 Å². The van der Waals surface area contributed by atoms with E-state index in [1.54, 1.807) is 23.1 Å². The van der Waals surface area contributed by atoms with E-state index in [0.717, 1.165) is 6.42 Å². The molecule has 0 bridgehead atoms. The summed E-state index contributed by atoms with van der Waals surface area (Å²) in [6.45, 7) is 7.41. The van der Waals surface area contributed by atoms with Crippen LogP contribution in [-0.4, -0.2) is 70.1 Å². The summed E-state index contributed by atoms with van der Waals surface area (Å²) in [6.07, 6.45) is 2.29. The van der Waals surface area contributed by atoms with E-state index in [4.69, 9.17) is 30.5 Å². The van der Waals surface area contributed by atoms with E-state index < -0.39 is 11.4 Å². The lowest BCUT2D eigenvalue weighted by Crippen LogP contribution is -2.36. The first-order valence-corrected chi connectivity index (χ1v) is 12.8. The predicted molar refractivity (Wildman–Crippen MR) is 139 cm³/mol. The average Bonchev–Trinajstić information content (AvgIpc) is 3.30. The van der Waals surface area contributed by atoms with Crippen LogP contribution < -0.4 is 14.8 Å². The lowest BCUT2D eigenvalue weighted by Gasteiger charge is -2.26. The Balaban J connectivity index is 1.29. The van der Waals surface area contributed by atoms with Crippen LogP contribution in [0.15, 0.2) is 30.6 Å². The van der Waals surface area contributed by atoms with Gasteiger partial charge in [0.15, 0.2) is 11.6 Å². The smallest absolute Gasteiger partial charge is 0.410 e. The van der Waals surface area contributed by atoms with Crippen molar-refractivity contribution in [3.05, 3.63) is 41.4 Å². The van der Waals surface area contributed by atoms with E-state index in [2.05, 4.69) is 20.3 Å². The van der Waals surface area contributed by atoms with Gasteiger partial charge in [-0.05, 0) is 39.0 Å². The highest BCUT2D eigenvalue weighted by molar-refractivity contribution is 6.32. The molecular weight excluding hydrogens is 517 g/mol. The van der Waals surface area contributed by atoms with Crippen molar-refractivity contribution in [3.63, 3.8) is 0 Å². The van der Waals surface area contributed by atoms with Crippen LogP contribution in [0.3, 0.4) is 0 Å². The molecule has 2 aliphatic rings. The molecule has 12 heteroatoms. The van der Waals surface area contributed by atoms with Crippen LogP contribution in [0, 0.1) is 5.82 Å². The monoisotopic (exact) mass is 545 g/mol. The van der Waals surface area contributed by atoms with E-state index in [0.29, 0.717) is 49.6 Å². The first-order chi connectivity index (χ1) is 18.2. The molecule has 1 N–H and O–H groups in total. The standard InChI is InChI=1S/C26H29ClFN5O5/c1-26(2,3)38-25(34)33-10-8-15(12-33)37-20-7-5-18-23(32-20)24(30-14-29-18)31-17-4-6-19(21(27)22(17)28)36-13-16-9-11-35-16/h4-7,14-16H,8-13H2,1-3H3,(H,29,30,31)/t15-,16?/m0/s1. The van der Waals surface area contributed by atoms with Gasteiger partial charge < -0.3 is 29.2 Å². The van der Waals surface area contributed by atoms with Crippen molar-refractivity contribution in [2.24, 2.45) is 0 Å². The Morgan fingerprint density at radius 1 is 1.24 bits per heavy atom. The van der Waals surface area contributed by atoms with Gasteiger partial charge in [0.1, 0.15) is 40.9 Å². The summed E-state index contributed by atoms with van der Waals surface area (Å²) < 4.78 is 37.5. The normalized spacial score (nSPS) is 19.2. The number of pyridine rings is 1. The zero-order valence-electron chi connectivity index (χ0n) is 21.4. The van der Waals surface area contributed by atoms with Crippen molar-refractivity contribution in [1.82, 2.24) is 19.9 Å². The molecule has 2 aliphatic heterocycles. The molecule has 10 nitrogen and oxygen atoms in total. The topological polar surface area (TPSA) is 108 Å². The number of hydrogen-bond donors (Lipinski definition) is 1. The van der Waals surface area contributed by atoms with Gasteiger partial charge in [-0.2, -0.15) is 0 Å². The molecule has 3 aromatic rings. The molecule has 0 radical (unpaired) electrons. The average molecular weight is 546 g/mol. The Hall–Kier alpha value is -3.44. The van der Waals surface area contributed by atoms with Crippen LogP contribution in [-0.2, 0) is 9.47 Å². The van der Waals surface area contributed by atoms with Crippen LogP contribution in [0.25, 0.3) is 11.0 Å². The summed E-state index contributed by atoms with van der Waals surface area (Å²) in [5.41, 5.74) is 0.481. The van der Waals surface area contributed by atoms with Crippen LogP contribution in [0.5, 0.6) is 11.6 Å². The molecule has 0 aliphatic carbocycles. The zero-order valence-corrected chi connectivity index (χ0v) is 22.1. The Bertz CT molecular complexity index is 1330. The minimum Gasteiger partial charge on any atom is -0.489 e. The highest BCUT2D eigenvalue weighted by Gasteiger charge is 2.31. The van der Waals surface area contributed by atoms with Crippen molar-refractivity contribution in [1.29, 1.82) is 0 Å². The number of nitrogens with one attached hydrogen (secondary N) is 1. The number of carbonyl (C=O) groups excluding carboxylic acids is 1. The number of halogens is 2. The number of amides is 1. The molecule has 4 heterocycles. The molecule has 2 saturated heterocycles. The van der Waals surface area contributed by atoms with Crippen molar-refractivity contribution in [3.8, 4) is 11.6 Å². The Morgan fingerprint density at radius 3 is 2.79 bits per heavy atom. The predicted octanol–water partition coefficient (Wildman–Crippen LogP) is 5.12. The summed E-state index contributed by atoms with van der Waals surface area (Å²) in [5.74, 6) is 0.190. The minimum absolute atomic E-state index is 0.00594. The summed E-state index contributed by atoms with van der Waals surface area (Å²) in [6, 6.07) is 6.56. The van der Waals surface area contributed by atoms with Gasteiger partial charge in [0.2, 0.25) is 5.88 Å². The fourth-order valence-electron chi connectivity index (χ4n) is 4.03. The maximum Gasteiger partial charge on any atom is 0.410 e. The largest absolute Gasteiger partial charge is 0.489 e. The third-order valence-corrected chi connectivity index (χ3v) is 6.41. The summed E-state index contributed by atoms with van der Waals surface area (Å²) in [5, 5.41) is 2.82. The summed E-state index contributed by atoms with van der Waals surface area (Å²) in [4.78, 5) is 27.0. The molecule has 2 atom stereocenters. The van der Waals surface area contributed by atoms with Gasteiger partial charge >= 0.3 is 6.09 Å². The number of anilines is 2. The van der Waals surface area contributed by atoms with Crippen molar-refractivity contribution >= 4 is 40.2 Å². The van der Waals surface area contributed by atoms with Gasteiger partial charge in [0.25, 0.3) is 0 Å². The van der Waals surface area contributed by atoms with E-state index >= 15 is 4.39 Å². The number of carbonyl (C=O) groups is 1. The second kappa shape index (κ2) is 10.7. The summed E-state index contributed by atoms with van der Waals surface area (Å²) >= 11 is 6.23. The van der Waals surface area contributed by atoms with Crippen LogP contribution in [0.2, 0.25) is 5.02 Å². The fourth-order valence-corrected chi connectivity index (χ4v) is 4.25. The second-order valence-corrected chi connectivity index (χ2v) is 10.5. The molecule has 5 rings (SSSR count). The molecule has 1 unspecified atom stereocenters. The number of ether oxygens (including phenoxy) is 4. The number of benzene rings is 1. The van der Waals surface area contributed by atoms with Gasteiger partial charge in [-0.25, -0.2) is 24.1 Å². The molecule has 2 aromatic heterocycles. The molecule has 1 aromatic carbocycles. The molecule has 202 valence electrons. The second-order valence-electron chi connectivity index (χ2n) is 10.2. The van der Waals surface area contributed by atoms with E-state index in [1.807, 2.05) is 20.8 Å². The molecule has 1 amide bonds. The quantitative estimate of drug-likeness (QED) is 0.433. The van der Waals surface area contributed by atoms with Crippen LogP contribution in [0.1, 0.15) is 33.6 Å². The lowest BCUT2D eigenvalue weighted by molar-refractivity contribution is -0.0721. The number of aromatic nitrogens is 3. The first-order valence-electron chi connectivity index (χ1n) is 12.4. The number of rotatable bonds is 7. The van der Waals surface area contributed by atoms with E-state index in [9.17, 15) is 4.79 Å². The van der Waals surface area contributed by atoms with Gasteiger partial charge in [-0.3, -0.25) is 0 Å². The third kappa shape index (κ3) is 5.99. The molecule has 0 spiro atoms. The van der Waals surface area contributed by atoms with Crippen LogP contribution in [0.4, 0.5) is 20.7 Å². The lowest BCUT2D eigenvalue weighted by atomic mass is 10.2. The Kier molecular flexibility index (Phi) is 7.40. The Labute approximate surface area is 224 Å². The van der Waals surface area contributed by atoms with Crippen LogP contribution >= 0.6 is 11.6 Å². The zero-order chi connectivity index (χ0) is 26.9. The van der Waals surface area contributed by atoms with Gasteiger partial charge in [-0.1, -0.05) is 11.6 Å². The molecule has 38 heavy (non-hydrogen) atoms. The Morgan fingerprint density at radius 2 is 2.05 bits per heavy atom. The third-order valence-electron chi connectivity index (χ3n) is 6.06. The maximum absolute atomic E-state index is 15.1. The maximum atomic E-state index is 15.1. The molecular formula is C26H29ClFN5O5. The van der Waals surface area contributed by atoms with Crippen molar-refractivity contribution in [2.45, 2.75) is 51.4 Å². The molecule has 0 saturated carbocycles. The summed E-state index contributed by atoms with van der Waals surface area (Å²) in [7, 11) is 0. The number of hydrogen-bond acceptors (Lipinski definition) is 9. The highest BCUT2D eigenvalue weighted by Crippen LogP contribution is 2.35. The molecule has 2 fully saturated rings. The first kappa shape index (κ1) is 26.2. The van der Waals surface area contributed by atoms with E-state index in [1.165, 1.54) is 12.4 Å². The van der Waals surface area contributed by atoms with Gasteiger partial charge in [-0.15, -0.1) is 0 Å². The SMILES string of the molecule is CC(C)(C)OC(=O)N1CC[C@H](Oc2ccc3ncnc(Nc4ccc(OCC5CCO5)c(Cl)c4F)c3n2)C1. The van der Waals surface area contributed by atoms with Crippen molar-refractivity contribution < 1.29 is 28.1 Å². The van der Waals surface area contributed by atoms with Gasteiger partial charge in [0.05, 0.1) is 23.9 Å². The van der Waals surface area contributed by atoms with Gasteiger partial charge in [0, 0.05) is 32.1 Å².